The van der Waals surface area contributed by atoms with Gasteiger partial charge in [-0.1, -0.05) is 18.2 Å². The number of sulfonamides is 1. The molecule has 0 amide bonds. The number of likely N-dealkylation sites (tertiary alicyclic amines) is 1. The van der Waals surface area contributed by atoms with Crippen LogP contribution in [0.15, 0.2) is 64.1 Å². The molecule has 2 aromatic carbocycles. The van der Waals surface area contributed by atoms with E-state index in [0.29, 0.717) is 11.6 Å². The lowest BCUT2D eigenvalue weighted by Gasteiger charge is -2.28. The van der Waals surface area contributed by atoms with E-state index in [1.54, 1.807) is 36.4 Å². The van der Waals surface area contributed by atoms with Gasteiger partial charge in [0.15, 0.2) is 0 Å². The number of furan rings is 1. The van der Waals surface area contributed by atoms with E-state index >= 15 is 0 Å². The van der Waals surface area contributed by atoms with E-state index in [4.69, 9.17) is 4.42 Å². The highest BCUT2D eigenvalue weighted by atomic mass is 32.2. The Bertz CT molecular complexity index is 1000. The average molecular weight is 370 g/mol. The molecule has 0 saturated carbocycles. The van der Waals surface area contributed by atoms with Crippen LogP contribution in [-0.4, -0.2) is 33.5 Å². The molecule has 0 atom stereocenters. The molecule has 3 aromatic rings. The molecule has 136 valence electrons. The van der Waals surface area contributed by atoms with Crippen molar-refractivity contribution in [3.63, 3.8) is 0 Å². The molecule has 1 saturated heterocycles. The zero-order chi connectivity index (χ0) is 18.1. The molecule has 0 bridgehead atoms. The van der Waals surface area contributed by atoms with Crippen LogP contribution in [0.4, 0.5) is 5.69 Å². The van der Waals surface area contributed by atoms with Crippen molar-refractivity contribution in [2.75, 3.05) is 24.9 Å². The molecule has 6 heteroatoms. The van der Waals surface area contributed by atoms with E-state index in [9.17, 15) is 8.42 Å². The van der Waals surface area contributed by atoms with Crippen LogP contribution < -0.4 is 4.72 Å². The Balaban J connectivity index is 1.64. The van der Waals surface area contributed by atoms with Crippen LogP contribution in [0, 0.1) is 0 Å². The highest BCUT2D eigenvalue weighted by molar-refractivity contribution is 7.92. The Morgan fingerprint density at radius 1 is 1.08 bits per heavy atom. The van der Waals surface area contributed by atoms with Gasteiger partial charge in [0.05, 0.1) is 11.2 Å². The number of fused-ring (bicyclic) bond motifs is 1. The van der Waals surface area contributed by atoms with Crippen molar-refractivity contribution in [2.24, 2.45) is 0 Å². The Morgan fingerprint density at radius 3 is 2.54 bits per heavy atom. The second-order valence-corrected chi connectivity index (χ2v) is 8.58. The molecule has 4 rings (SSSR count). The summed E-state index contributed by atoms with van der Waals surface area (Å²) in [5.41, 5.74) is 2.52. The van der Waals surface area contributed by atoms with Crippen LogP contribution >= 0.6 is 0 Å². The van der Waals surface area contributed by atoms with Crippen molar-refractivity contribution < 1.29 is 12.8 Å². The minimum atomic E-state index is -3.60. The summed E-state index contributed by atoms with van der Waals surface area (Å²) in [5.74, 6) is 0.452. The fourth-order valence-corrected chi connectivity index (χ4v) is 4.63. The summed E-state index contributed by atoms with van der Waals surface area (Å²) in [4.78, 5) is 2.58. The normalized spacial score (nSPS) is 16.8. The second-order valence-electron chi connectivity index (χ2n) is 6.90. The van der Waals surface area contributed by atoms with E-state index in [1.165, 1.54) is 5.56 Å². The topological polar surface area (TPSA) is 62.6 Å². The van der Waals surface area contributed by atoms with E-state index in [2.05, 4.69) is 16.7 Å². The van der Waals surface area contributed by atoms with E-state index < -0.39 is 10.0 Å². The van der Waals surface area contributed by atoms with Crippen LogP contribution in [0.1, 0.15) is 24.3 Å². The number of piperidine rings is 1. The smallest absolute Gasteiger partial charge is 0.261 e. The van der Waals surface area contributed by atoms with Crippen molar-refractivity contribution in [1.82, 2.24) is 4.90 Å². The molecule has 0 aliphatic carbocycles. The highest BCUT2D eigenvalue weighted by Crippen LogP contribution is 2.35. The van der Waals surface area contributed by atoms with E-state index in [0.717, 1.165) is 36.9 Å². The van der Waals surface area contributed by atoms with E-state index in [1.807, 2.05) is 18.4 Å². The fourth-order valence-electron chi connectivity index (χ4n) is 3.56. The summed E-state index contributed by atoms with van der Waals surface area (Å²) in [6, 6.07) is 13.8. The number of rotatable bonds is 4. The molecule has 1 aliphatic rings. The molecular formula is C20H22N2O3S. The molecule has 1 N–H and O–H groups in total. The molecular weight excluding hydrogens is 348 g/mol. The second kappa shape index (κ2) is 6.78. The lowest BCUT2D eigenvalue weighted by molar-refractivity contribution is 0.255. The Kier molecular flexibility index (Phi) is 4.46. The van der Waals surface area contributed by atoms with Gasteiger partial charge in [-0.25, -0.2) is 8.42 Å². The van der Waals surface area contributed by atoms with Gasteiger partial charge in [-0.2, -0.15) is 0 Å². The maximum Gasteiger partial charge on any atom is 0.261 e. The van der Waals surface area contributed by atoms with Gasteiger partial charge in [0.1, 0.15) is 5.58 Å². The van der Waals surface area contributed by atoms with Crippen molar-refractivity contribution in [3.8, 4) is 0 Å². The highest BCUT2D eigenvalue weighted by Gasteiger charge is 2.22. The molecule has 0 unspecified atom stereocenters. The maximum atomic E-state index is 12.6. The van der Waals surface area contributed by atoms with E-state index in [-0.39, 0.29) is 4.90 Å². The number of anilines is 1. The predicted molar refractivity (Wildman–Crippen MR) is 103 cm³/mol. The van der Waals surface area contributed by atoms with Crippen LogP contribution in [0.25, 0.3) is 11.0 Å². The van der Waals surface area contributed by atoms with Gasteiger partial charge in [0.25, 0.3) is 10.0 Å². The molecule has 1 fully saturated rings. The number of nitrogens with zero attached hydrogens (tertiary/aromatic N) is 1. The zero-order valence-electron chi connectivity index (χ0n) is 14.7. The monoisotopic (exact) mass is 370 g/mol. The van der Waals surface area contributed by atoms with Crippen LogP contribution in [0.3, 0.4) is 0 Å². The van der Waals surface area contributed by atoms with Gasteiger partial charge in [-0.3, -0.25) is 4.72 Å². The van der Waals surface area contributed by atoms with Gasteiger partial charge in [-0.15, -0.1) is 0 Å². The minimum absolute atomic E-state index is 0.253. The Morgan fingerprint density at radius 2 is 1.81 bits per heavy atom. The molecule has 1 aliphatic heterocycles. The summed E-state index contributed by atoms with van der Waals surface area (Å²) >= 11 is 0. The standard InChI is InChI=1S/C20H22N2O3S/c1-22-11-9-15(10-12-22)19-14-25-20-8-7-16(13-18(19)20)21-26(23,24)17-5-3-2-4-6-17/h2-8,13-15,21H,9-12H2,1H3. The quantitative estimate of drug-likeness (QED) is 0.753. The zero-order valence-corrected chi connectivity index (χ0v) is 15.5. The van der Waals surface area contributed by atoms with Gasteiger partial charge in [-0.05, 0) is 69.2 Å². The molecule has 0 spiro atoms. The molecule has 26 heavy (non-hydrogen) atoms. The lowest BCUT2D eigenvalue weighted by atomic mass is 9.89. The first-order valence-corrected chi connectivity index (χ1v) is 10.3. The molecule has 5 nitrogen and oxygen atoms in total. The van der Waals surface area contributed by atoms with Gasteiger partial charge in [0, 0.05) is 16.6 Å². The summed E-state index contributed by atoms with van der Waals surface area (Å²) < 4.78 is 33.5. The number of benzene rings is 2. The largest absolute Gasteiger partial charge is 0.464 e. The number of nitrogens with one attached hydrogen (secondary N) is 1. The average Bonchev–Trinajstić information content (AvgIpc) is 3.06. The maximum absolute atomic E-state index is 12.6. The third-order valence-electron chi connectivity index (χ3n) is 5.07. The van der Waals surface area contributed by atoms with Crippen molar-refractivity contribution in [2.45, 2.75) is 23.7 Å². The summed E-state index contributed by atoms with van der Waals surface area (Å²) in [7, 11) is -1.46. The number of hydrogen-bond donors (Lipinski definition) is 1. The number of hydrogen-bond acceptors (Lipinski definition) is 4. The van der Waals surface area contributed by atoms with Crippen LogP contribution in [-0.2, 0) is 10.0 Å². The first-order valence-electron chi connectivity index (χ1n) is 8.80. The SMILES string of the molecule is CN1CCC(c2coc3ccc(NS(=O)(=O)c4ccccc4)cc23)CC1. The van der Waals surface area contributed by atoms with Gasteiger partial charge < -0.3 is 9.32 Å². The molecule has 0 radical (unpaired) electrons. The Hall–Kier alpha value is -2.31. The first-order chi connectivity index (χ1) is 12.5. The third-order valence-corrected chi connectivity index (χ3v) is 6.46. The van der Waals surface area contributed by atoms with Crippen LogP contribution in [0.2, 0.25) is 0 Å². The van der Waals surface area contributed by atoms with Gasteiger partial charge in [0.2, 0.25) is 0 Å². The predicted octanol–water partition coefficient (Wildman–Crippen LogP) is 4.04. The minimum Gasteiger partial charge on any atom is -0.464 e. The third kappa shape index (κ3) is 3.34. The van der Waals surface area contributed by atoms with Crippen LogP contribution in [0.5, 0.6) is 0 Å². The summed E-state index contributed by atoms with van der Waals surface area (Å²) in [6.07, 6.45) is 4.01. The van der Waals surface area contributed by atoms with Crippen molar-refractivity contribution in [3.05, 3.63) is 60.4 Å². The molecule has 2 heterocycles. The lowest BCUT2D eigenvalue weighted by Crippen LogP contribution is -2.29. The first kappa shape index (κ1) is 17.1. The fraction of sp³-hybridized carbons (Fsp3) is 0.300. The molecule has 1 aromatic heterocycles. The van der Waals surface area contributed by atoms with Gasteiger partial charge >= 0.3 is 0 Å². The Labute approximate surface area is 153 Å². The van der Waals surface area contributed by atoms with Crippen molar-refractivity contribution >= 4 is 26.7 Å². The van der Waals surface area contributed by atoms with Crippen molar-refractivity contribution in [1.29, 1.82) is 0 Å². The summed E-state index contributed by atoms with van der Waals surface area (Å²) in [5, 5.41) is 0.993. The summed E-state index contributed by atoms with van der Waals surface area (Å²) in [6.45, 7) is 2.13.